The molecule has 0 heterocycles. The van der Waals surface area contributed by atoms with Crippen LogP contribution in [0.15, 0.2) is 0 Å². The molecule has 1 atom stereocenters. The molecule has 0 saturated heterocycles. The maximum Gasteiger partial charge on any atom is 0.166 e. The lowest BCUT2D eigenvalue weighted by Gasteiger charge is -2.17. The van der Waals surface area contributed by atoms with E-state index in [9.17, 15) is 5.11 Å². The molecule has 0 radical (unpaired) electrons. The first-order valence-corrected chi connectivity index (χ1v) is 4.81. The van der Waals surface area contributed by atoms with E-state index in [4.69, 9.17) is 12.2 Å². The Morgan fingerprint density at radius 1 is 1.46 bits per heavy atom. The van der Waals surface area contributed by atoms with Crippen molar-refractivity contribution in [2.45, 2.75) is 13.0 Å². The number of hydrogen-bond donors (Lipinski definition) is 3. The van der Waals surface area contributed by atoms with Gasteiger partial charge in [-0.15, -0.1) is 0 Å². The zero-order chi connectivity index (χ0) is 10.3. The van der Waals surface area contributed by atoms with Crippen molar-refractivity contribution < 1.29 is 5.11 Å². The molecule has 4 nitrogen and oxygen atoms in total. The van der Waals surface area contributed by atoms with E-state index in [0.29, 0.717) is 18.2 Å². The highest BCUT2D eigenvalue weighted by atomic mass is 32.1. The van der Waals surface area contributed by atoms with E-state index >= 15 is 0 Å². The number of nitrogens with one attached hydrogen (secondary N) is 2. The molecule has 3 N–H and O–H groups in total. The van der Waals surface area contributed by atoms with Gasteiger partial charge in [0.2, 0.25) is 0 Å². The largest absolute Gasteiger partial charge is 0.390 e. The summed E-state index contributed by atoms with van der Waals surface area (Å²) in [7, 11) is 3.84. The standard InChI is InChI=1S/C8H19N3OS/c1-4-9-8(13)10-5-7(12)6-11(2)3/h7,12H,4-6H2,1-3H3,(H2,9,10,13). The van der Waals surface area contributed by atoms with Crippen LogP contribution >= 0.6 is 12.2 Å². The molecule has 78 valence electrons. The maximum atomic E-state index is 9.45. The van der Waals surface area contributed by atoms with Crippen LogP contribution in [0.3, 0.4) is 0 Å². The van der Waals surface area contributed by atoms with Crippen LogP contribution < -0.4 is 10.6 Å². The lowest BCUT2D eigenvalue weighted by atomic mass is 10.3. The van der Waals surface area contributed by atoms with Gasteiger partial charge in [0, 0.05) is 19.6 Å². The third kappa shape index (κ3) is 7.95. The molecule has 0 spiro atoms. The summed E-state index contributed by atoms with van der Waals surface area (Å²) in [6.45, 7) is 3.91. The van der Waals surface area contributed by atoms with Crippen molar-refractivity contribution in [3.8, 4) is 0 Å². The van der Waals surface area contributed by atoms with Crippen molar-refractivity contribution in [3.05, 3.63) is 0 Å². The topological polar surface area (TPSA) is 47.5 Å². The molecule has 0 aromatic rings. The Bertz CT molecular complexity index is 152. The highest BCUT2D eigenvalue weighted by Gasteiger charge is 2.05. The number of nitrogens with zero attached hydrogens (tertiary/aromatic N) is 1. The van der Waals surface area contributed by atoms with Crippen LogP contribution in [0.25, 0.3) is 0 Å². The van der Waals surface area contributed by atoms with Gasteiger partial charge in [0.25, 0.3) is 0 Å². The summed E-state index contributed by atoms with van der Waals surface area (Å²) < 4.78 is 0. The predicted octanol–water partition coefficient (Wildman–Crippen LogP) is -0.607. The molecule has 0 amide bonds. The first-order valence-electron chi connectivity index (χ1n) is 4.40. The minimum Gasteiger partial charge on any atom is -0.390 e. The SMILES string of the molecule is CCNC(=S)NCC(O)CN(C)C. The molecule has 0 fully saturated rings. The van der Waals surface area contributed by atoms with Gasteiger partial charge in [-0.1, -0.05) is 0 Å². The van der Waals surface area contributed by atoms with Gasteiger partial charge in [-0.25, -0.2) is 0 Å². The molecule has 0 aliphatic rings. The number of aliphatic hydroxyl groups is 1. The van der Waals surface area contributed by atoms with E-state index in [2.05, 4.69) is 10.6 Å². The Labute approximate surface area is 85.3 Å². The minimum absolute atomic E-state index is 0.383. The third-order valence-electron chi connectivity index (χ3n) is 1.41. The lowest BCUT2D eigenvalue weighted by molar-refractivity contribution is 0.139. The van der Waals surface area contributed by atoms with Crippen molar-refractivity contribution >= 4 is 17.3 Å². The summed E-state index contributed by atoms with van der Waals surface area (Å²) in [6, 6.07) is 0. The zero-order valence-corrected chi connectivity index (χ0v) is 9.32. The van der Waals surface area contributed by atoms with Crippen LogP contribution in [0.5, 0.6) is 0 Å². The second kappa shape index (κ2) is 7.06. The van der Waals surface area contributed by atoms with Crippen molar-refractivity contribution in [2.75, 3.05) is 33.7 Å². The van der Waals surface area contributed by atoms with Gasteiger partial charge in [0.05, 0.1) is 6.10 Å². The van der Waals surface area contributed by atoms with E-state index < -0.39 is 0 Å². The molecule has 0 aliphatic heterocycles. The van der Waals surface area contributed by atoms with Crippen LogP contribution in [0.4, 0.5) is 0 Å². The Balaban J connectivity index is 3.45. The Hall–Kier alpha value is -0.390. The molecular weight excluding hydrogens is 186 g/mol. The van der Waals surface area contributed by atoms with Gasteiger partial charge in [0.1, 0.15) is 0 Å². The molecule has 0 aromatic heterocycles. The van der Waals surface area contributed by atoms with Crippen LogP contribution in [-0.2, 0) is 0 Å². The fourth-order valence-corrected chi connectivity index (χ4v) is 1.15. The van der Waals surface area contributed by atoms with Crippen LogP contribution in [-0.4, -0.2) is 55.0 Å². The number of likely N-dealkylation sites (N-methyl/N-ethyl adjacent to an activating group) is 1. The summed E-state index contributed by atoms with van der Waals surface area (Å²) in [5.41, 5.74) is 0. The average molecular weight is 205 g/mol. The van der Waals surface area contributed by atoms with Crippen molar-refractivity contribution in [3.63, 3.8) is 0 Å². The number of aliphatic hydroxyl groups excluding tert-OH is 1. The highest BCUT2D eigenvalue weighted by Crippen LogP contribution is 1.83. The van der Waals surface area contributed by atoms with Gasteiger partial charge in [-0.3, -0.25) is 0 Å². The van der Waals surface area contributed by atoms with Crippen LogP contribution in [0, 0.1) is 0 Å². The second-order valence-electron chi connectivity index (χ2n) is 3.16. The van der Waals surface area contributed by atoms with Gasteiger partial charge in [-0.2, -0.15) is 0 Å². The lowest BCUT2D eigenvalue weighted by Crippen LogP contribution is -2.42. The first-order chi connectivity index (χ1) is 6.06. The van der Waals surface area contributed by atoms with Gasteiger partial charge in [0.15, 0.2) is 5.11 Å². The van der Waals surface area contributed by atoms with Gasteiger partial charge < -0.3 is 20.6 Å². The number of thiocarbonyl (C=S) groups is 1. The van der Waals surface area contributed by atoms with E-state index in [0.717, 1.165) is 6.54 Å². The average Bonchev–Trinajstić information content (AvgIpc) is 2.00. The van der Waals surface area contributed by atoms with Crippen LogP contribution in [0.1, 0.15) is 6.92 Å². The van der Waals surface area contributed by atoms with Crippen molar-refractivity contribution in [2.24, 2.45) is 0 Å². The van der Waals surface area contributed by atoms with Crippen molar-refractivity contribution in [1.82, 2.24) is 15.5 Å². The maximum absolute atomic E-state index is 9.45. The smallest absolute Gasteiger partial charge is 0.166 e. The minimum atomic E-state index is -0.383. The van der Waals surface area contributed by atoms with Crippen molar-refractivity contribution in [1.29, 1.82) is 0 Å². The molecule has 0 aromatic carbocycles. The van der Waals surface area contributed by atoms with Gasteiger partial charge >= 0.3 is 0 Å². The molecule has 0 rings (SSSR count). The molecule has 0 bridgehead atoms. The highest BCUT2D eigenvalue weighted by molar-refractivity contribution is 7.80. The van der Waals surface area contributed by atoms with Crippen LogP contribution in [0.2, 0.25) is 0 Å². The molecule has 1 unspecified atom stereocenters. The van der Waals surface area contributed by atoms with E-state index in [1.807, 2.05) is 25.9 Å². The number of hydrogen-bond acceptors (Lipinski definition) is 3. The predicted molar refractivity (Wildman–Crippen MR) is 58.8 cm³/mol. The summed E-state index contributed by atoms with van der Waals surface area (Å²) in [6.07, 6.45) is -0.383. The summed E-state index contributed by atoms with van der Waals surface area (Å²) in [5, 5.41) is 15.9. The Morgan fingerprint density at radius 3 is 2.54 bits per heavy atom. The second-order valence-corrected chi connectivity index (χ2v) is 3.56. The normalized spacial score (nSPS) is 12.7. The first kappa shape index (κ1) is 12.6. The summed E-state index contributed by atoms with van der Waals surface area (Å²) in [5.74, 6) is 0. The van der Waals surface area contributed by atoms with E-state index in [1.165, 1.54) is 0 Å². The molecular formula is C8H19N3OS. The fraction of sp³-hybridized carbons (Fsp3) is 0.875. The molecule has 0 saturated carbocycles. The quantitative estimate of drug-likeness (QED) is 0.523. The monoisotopic (exact) mass is 205 g/mol. The summed E-state index contributed by atoms with van der Waals surface area (Å²) >= 11 is 4.94. The Kier molecular flexibility index (Phi) is 6.84. The summed E-state index contributed by atoms with van der Waals surface area (Å²) in [4.78, 5) is 1.93. The molecule has 0 aliphatic carbocycles. The van der Waals surface area contributed by atoms with E-state index in [1.54, 1.807) is 0 Å². The molecule has 5 heteroatoms. The van der Waals surface area contributed by atoms with Gasteiger partial charge in [-0.05, 0) is 33.2 Å². The molecule has 13 heavy (non-hydrogen) atoms. The Morgan fingerprint density at radius 2 is 2.08 bits per heavy atom. The third-order valence-corrected chi connectivity index (χ3v) is 1.70. The fourth-order valence-electron chi connectivity index (χ4n) is 0.920. The zero-order valence-electron chi connectivity index (χ0n) is 8.50. The van der Waals surface area contributed by atoms with E-state index in [-0.39, 0.29) is 6.10 Å². The number of rotatable bonds is 5.